The number of aromatic nitrogens is 5. The molecule has 0 unspecified atom stereocenters. The van der Waals surface area contributed by atoms with Gasteiger partial charge in [-0.25, -0.2) is 9.97 Å². The van der Waals surface area contributed by atoms with Gasteiger partial charge in [-0.2, -0.15) is 5.10 Å². The lowest BCUT2D eigenvalue weighted by molar-refractivity contribution is 0.0892. The lowest BCUT2D eigenvalue weighted by Gasteiger charge is -2.15. The number of nitrogens with zero attached hydrogens (tertiary/aromatic N) is 4. The molecule has 0 bridgehead atoms. The zero-order chi connectivity index (χ0) is 24.3. The SMILES string of the molecule is CCCNC(=O)c1cn(COCC[Si](C)(C)C)c2ncc(-c3n[nH]c4cc(CCl)ccc34)nc12. The number of ether oxygens (including phenoxy) is 1. The van der Waals surface area contributed by atoms with Crippen LogP contribution in [0.5, 0.6) is 0 Å². The van der Waals surface area contributed by atoms with Crippen molar-refractivity contribution in [3.05, 3.63) is 41.7 Å². The van der Waals surface area contributed by atoms with E-state index >= 15 is 0 Å². The number of carbonyl (C=O) groups excluding carboxylic acids is 1. The number of aromatic amines is 1. The normalized spacial score (nSPS) is 12.0. The number of hydrogen-bond acceptors (Lipinski definition) is 5. The molecule has 10 heteroatoms. The van der Waals surface area contributed by atoms with Gasteiger partial charge in [0.05, 0.1) is 17.3 Å². The van der Waals surface area contributed by atoms with Gasteiger partial charge in [0.1, 0.15) is 23.6 Å². The molecule has 0 radical (unpaired) electrons. The van der Waals surface area contributed by atoms with Gasteiger partial charge in [0.2, 0.25) is 0 Å². The molecule has 8 nitrogen and oxygen atoms in total. The van der Waals surface area contributed by atoms with Crippen molar-refractivity contribution in [3.8, 4) is 11.4 Å². The van der Waals surface area contributed by atoms with Crippen LogP contribution in [0.1, 0.15) is 29.3 Å². The van der Waals surface area contributed by atoms with Gasteiger partial charge in [-0.3, -0.25) is 9.89 Å². The Kier molecular flexibility index (Phi) is 7.35. The molecular formula is C24H31ClN6O2Si. The molecule has 4 aromatic rings. The fourth-order valence-electron chi connectivity index (χ4n) is 3.65. The highest BCUT2D eigenvalue weighted by atomic mass is 35.5. The first-order chi connectivity index (χ1) is 16.3. The van der Waals surface area contributed by atoms with E-state index in [0.717, 1.165) is 28.9 Å². The summed E-state index contributed by atoms with van der Waals surface area (Å²) in [6.45, 7) is 10.6. The largest absolute Gasteiger partial charge is 0.361 e. The summed E-state index contributed by atoms with van der Waals surface area (Å²) in [6, 6.07) is 6.99. The summed E-state index contributed by atoms with van der Waals surface area (Å²) in [6.07, 6.45) is 4.33. The summed E-state index contributed by atoms with van der Waals surface area (Å²) in [4.78, 5) is 22.4. The zero-order valence-electron chi connectivity index (χ0n) is 20.1. The second-order valence-electron chi connectivity index (χ2n) is 9.63. The Bertz CT molecular complexity index is 1310. The molecule has 0 spiro atoms. The molecule has 0 aliphatic heterocycles. The first kappa shape index (κ1) is 24.4. The molecule has 1 aromatic carbocycles. The third-order valence-corrected chi connectivity index (χ3v) is 7.61. The van der Waals surface area contributed by atoms with Crippen LogP contribution in [-0.2, 0) is 17.3 Å². The molecule has 3 heterocycles. The number of rotatable bonds is 10. The van der Waals surface area contributed by atoms with Crippen LogP contribution in [0.15, 0.2) is 30.6 Å². The van der Waals surface area contributed by atoms with E-state index in [-0.39, 0.29) is 5.91 Å². The van der Waals surface area contributed by atoms with Crippen molar-refractivity contribution in [2.45, 2.75) is 51.6 Å². The van der Waals surface area contributed by atoms with Crippen LogP contribution in [0.4, 0.5) is 0 Å². The van der Waals surface area contributed by atoms with Crippen molar-refractivity contribution in [1.82, 2.24) is 30.0 Å². The number of halogens is 1. The van der Waals surface area contributed by atoms with Crippen LogP contribution >= 0.6 is 11.6 Å². The summed E-state index contributed by atoms with van der Waals surface area (Å²) in [7, 11) is -1.19. The molecule has 0 saturated heterocycles. The topological polar surface area (TPSA) is 97.7 Å². The average molecular weight is 499 g/mol. The van der Waals surface area contributed by atoms with E-state index < -0.39 is 8.07 Å². The molecule has 0 saturated carbocycles. The maximum absolute atomic E-state index is 12.9. The number of hydrogen-bond donors (Lipinski definition) is 2. The monoisotopic (exact) mass is 498 g/mol. The van der Waals surface area contributed by atoms with Crippen LogP contribution < -0.4 is 5.32 Å². The highest BCUT2D eigenvalue weighted by Gasteiger charge is 2.20. The van der Waals surface area contributed by atoms with Crippen molar-refractivity contribution in [1.29, 1.82) is 0 Å². The first-order valence-corrected chi connectivity index (χ1v) is 15.8. The molecule has 0 atom stereocenters. The second kappa shape index (κ2) is 10.2. The van der Waals surface area contributed by atoms with Gasteiger partial charge in [0.25, 0.3) is 5.91 Å². The van der Waals surface area contributed by atoms with E-state index in [0.29, 0.717) is 53.9 Å². The Labute approximate surface area is 205 Å². The molecule has 0 fully saturated rings. The summed E-state index contributed by atoms with van der Waals surface area (Å²) in [5.41, 5.74) is 4.80. The van der Waals surface area contributed by atoms with Crippen molar-refractivity contribution in [2.24, 2.45) is 0 Å². The fourth-order valence-corrected chi connectivity index (χ4v) is 4.57. The van der Waals surface area contributed by atoms with E-state index in [1.54, 1.807) is 12.4 Å². The standard InChI is InChI=1S/C24H31ClN6O2Si/c1-5-8-26-24(32)18-14-31(15-33-9-10-34(2,3)4)23-22(18)28-20(13-27-23)21-17-7-6-16(12-25)11-19(17)29-30-21/h6-7,11,13-14H,5,8-10,12,15H2,1-4H3,(H,26,32)(H,29,30). The van der Waals surface area contributed by atoms with Crippen LogP contribution in [0, 0.1) is 0 Å². The molecule has 3 aromatic heterocycles. The smallest absolute Gasteiger partial charge is 0.255 e. The highest BCUT2D eigenvalue weighted by Crippen LogP contribution is 2.28. The third kappa shape index (κ3) is 5.32. The molecule has 0 aliphatic carbocycles. The maximum Gasteiger partial charge on any atom is 0.255 e. The molecule has 0 aliphatic rings. The van der Waals surface area contributed by atoms with Crippen LogP contribution in [0.2, 0.25) is 25.7 Å². The zero-order valence-corrected chi connectivity index (χ0v) is 21.9. The lowest BCUT2D eigenvalue weighted by atomic mass is 10.1. The summed E-state index contributed by atoms with van der Waals surface area (Å²) < 4.78 is 7.78. The maximum atomic E-state index is 12.9. The van der Waals surface area contributed by atoms with Gasteiger partial charge in [-0.15, -0.1) is 11.6 Å². The summed E-state index contributed by atoms with van der Waals surface area (Å²) in [5, 5.41) is 11.4. The van der Waals surface area contributed by atoms with Crippen LogP contribution in [0.3, 0.4) is 0 Å². The minimum Gasteiger partial charge on any atom is -0.361 e. The number of amides is 1. The van der Waals surface area contributed by atoms with E-state index in [1.165, 1.54) is 0 Å². The lowest BCUT2D eigenvalue weighted by Crippen LogP contribution is -2.24. The molecule has 4 rings (SSSR count). The third-order valence-electron chi connectivity index (χ3n) is 5.60. The Hall–Kier alpha value is -2.75. The Morgan fingerprint density at radius 2 is 2.12 bits per heavy atom. The van der Waals surface area contributed by atoms with Crippen molar-refractivity contribution in [2.75, 3.05) is 13.2 Å². The number of H-pyrrole nitrogens is 1. The molecule has 1 amide bonds. The minimum absolute atomic E-state index is 0.169. The van der Waals surface area contributed by atoms with E-state index in [1.807, 2.05) is 29.7 Å². The van der Waals surface area contributed by atoms with Crippen molar-refractivity contribution < 1.29 is 9.53 Å². The number of carbonyl (C=O) groups is 1. The fraction of sp³-hybridized carbons (Fsp3) is 0.417. The van der Waals surface area contributed by atoms with E-state index in [4.69, 9.17) is 21.3 Å². The first-order valence-electron chi connectivity index (χ1n) is 11.6. The number of fused-ring (bicyclic) bond motifs is 2. The number of nitrogens with one attached hydrogen (secondary N) is 2. The Balaban J connectivity index is 1.70. The average Bonchev–Trinajstić information content (AvgIpc) is 3.40. The minimum atomic E-state index is -1.19. The van der Waals surface area contributed by atoms with E-state index in [2.05, 4.69) is 40.1 Å². The molecule has 34 heavy (non-hydrogen) atoms. The quantitative estimate of drug-likeness (QED) is 0.179. The number of alkyl halides is 1. The number of benzene rings is 1. The Morgan fingerprint density at radius 1 is 1.29 bits per heavy atom. The second-order valence-corrected chi connectivity index (χ2v) is 15.5. The van der Waals surface area contributed by atoms with Crippen molar-refractivity contribution in [3.63, 3.8) is 0 Å². The van der Waals surface area contributed by atoms with Gasteiger partial charge < -0.3 is 14.6 Å². The predicted molar refractivity (Wildman–Crippen MR) is 139 cm³/mol. The molecular weight excluding hydrogens is 468 g/mol. The van der Waals surface area contributed by atoms with Crippen molar-refractivity contribution >= 4 is 47.6 Å². The van der Waals surface area contributed by atoms with Gasteiger partial charge in [0.15, 0.2) is 5.65 Å². The van der Waals surface area contributed by atoms with Gasteiger partial charge in [-0.1, -0.05) is 38.7 Å². The molecule has 2 N–H and O–H groups in total. The van der Waals surface area contributed by atoms with Crippen LogP contribution in [0.25, 0.3) is 33.5 Å². The predicted octanol–water partition coefficient (Wildman–Crippen LogP) is 5.17. The van der Waals surface area contributed by atoms with Gasteiger partial charge in [0, 0.05) is 38.7 Å². The van der Waals surface area contributed by atoms with E-state index in [9.17, 15) is 4.79 Å². The Morgan fingerprint density at radius 3 is 2.85 bits per heavy atom. The summed E-state index contributed by atoms with van der Waals surface area (Å²) >= 11 is 5.96. The van der Waals surface area contributed by atoms with Gasteiger partial charge in [-0.05, 0) is 24.1 Å². The van der Waals surface area contributed by atoms with Crippen LogP contribution in [-0.4, -0.2) is 51.9 Å². The molecule has 180 valence electrons. The van der Waals surface area contributed by atoms with Gasteiger partial charge >= 0.3 is 0 Å². The summed E-state index contributed by atoms with van der Waals surface area (Å²) in [5.74, 6) is 0.262. The highest BCUT2D eigenvalue weighted by molar-refractivity contribution is 6.76.